The molecule has 3 aromatic rings. The lowest BCUT2D eigenvalue weighted by molar-refractivity contribution is -0.142. The Morgan fingerprint density at radius 2 is 1.33 bits per heavy atom. The second kappa shape index (κ2) is 15.1. The molecule has 0 aromatic heterocycles. The molecular weight excluding hydrogens is 667 g/mol. The van der Waals surface area contributed by atoms with Gasteiger partial charge in [0.25, 0.3) is 5.91 Å². The van der Waals surface area contributed by atoms with Crippen molar-refractivity contribution in [2.24, 2.45) is 5.41 Å². The number of ketones is 1. The van der Waals surface area contributed by atoms with Gasteiger partial charge in [-0.25, -0.2) is 0 Å². The summed E-state index contributed by atoms with van der Waals surface area (Å²) in [4.78, 5) is 31.6. The second-order valence-corrected chi connectivity index (χ2v) is 15.4. The maximum atomic E-state index is 15.2. The van der Waals surface area contributed by atoms with Gasteiger partial charge in [-0.2, -0.15) is 0 Å². The summed E-state index contributed by atoms with van der Waals surface area (Å²) in [5.74, 6) is 0.766. The Bertz CT molecular complexity index is 1530. The molecular formula is C38H49Cl3N4O3. The predicted molar refractivity (Wildman–Crippen MR) is 197 cm³/mol. The molecule has 1 amide bonds. The fourth-order valence-electron chi connectivity index (χ4n) is 6.55. The van der Waals surface area contributed by atoms with Crippen LogP contribution < -0.4 is 15.4 Å². The minimum Gasteiger partial charge on any atom is -0.493 e. The molecule has 3 aromatic carbocycles. The molecule has 0 bridgehead atoms. The van der Waals surface area contributed by atoms with Crippen LogP contribution in [0.2, 0.25) is 10.0 Å². The minimum atomic E-state index is -1.31. The van der Waals surface area contributed by atoms with Crippen molar-refractivity contribution < 1.29 is 14.3 Å². The molecule has 2 fully saturated rings. The number of rotatable bonds is 9. The number of piperazine rings is 1. The Kier molecular flexibility index (Phi) is 12.0. The Morgan fingerprint density at radius 3 is 1.77 bits per heavy atom. The van der Waals surface area contributed by atoms with Crippen LogP contribution in [-0.4, -0.2) is 60.8 Å². The smallest absolute Gasteiger partial charge is 0.262 e. The first-order valence-corrected chi connectivity index (χ1v) is 17.3. The molecule has 2 saturated heterocycles. The zero-order chi connectivity index (χ0) is 34.1. The van der Waals surface area contributed by atoms with Crippen molar-refractivity contribution in [3.63, 3.8) is 0 Å². The van der Waals surface area contributed by atoms with Gasteiger partial charge < -0.3 is 9.64 Å². The zero-order valence-electron chi connectivity index (χ0n) is 29.0. The summed E-state index contributed by atoms with van der Waals surface area (Å²) in [5.41, 5.74) is 1.99. The Morgan fingerprint density at radius 1 is 0.833 bits per heavy atom. The summed E-state index contributed by atoms with van der Waals surface area (Å²) in [5, 5.41) is 8.93. The number of ether oxygens (including phenoxy) is 1. The van der Waals surface area contributed by atoms with Crippen molar-refractivity contribution >= 4 is 47.3 Å². The molecule has 0 radical (unpaired) electrons. The van der Waals surface area contributed by atoms with E-state index >= 15 is 4.79 Å². The van der Waals surface area contributed by atoms with Crippen molar-refractivity contribution in [3.05, 3.63) is 99.0 Å². The van der Waals surface area contributed by atoms with Crippen LogP contribution in [-0.2, 0) is 20.7 Å². The molecule has 260 valence electrons. The van der Waals surface area contributed by atoms with Crippen molar-refractivity contribution in [3.8, 4) is 5.75 Å². The van der Waals surface area contributed by atoms with Crippen LogP contribution >= 0.6 is 35.6 Å². The van der Waals surface area contributed by atoms with Crippen molar-refractivity contribution in [1.82, 2.24) is 20.4 Å². The summed E-state index contributed by atoms with van der Waals surface area (Å²) >= 11 is 12.6. The van der Waals surface area contributed by atoms with Gasteiger partial charge in [0.05, 0.1) is 18.7 Å². The number of halogens is 3. The molecule has 0 spiro atoms. The van der Waals surface area contributed by atoms with E-state index in [-0.39, 0.29) is 41.6 Å². The monoisotopic (exact) mass is 714 g/mol. The molecule has 10 heteroatoms. The third kappa shape index (κ3) is 8.04. The third-order valence-electron chi connectivity index (χ3n) is 9.64. The van der Waals surface area contributed by atoms with Crippen LogP contribution in [0.15, 0.2) is 66.7 Å². The minimum absolute atomic E-state index is 0. The molecule has 3 atom stereocenters. The number of Topliss-reactive ketones (excluding diaryl/α,β-unsaturated/α-hetero) is 1. The zero-order valence-corrected chi connectivity index (χ0v) is 31.4. The van der Waals surface area contributed by atoms with Crippen LogP contribution in [0.5, 0.6) is 5.75 Å². The topological polar surface area (TPSA) is 73.9 Å². The average molecular weight is 716 g/mol. The lowest BCUT2D eigenvalue weighted by Gasteiger charge is -2.42. The first-order chi connectivity index (χ1) is 22.1. The standard InChI is InChI=1S/C38H48Cl2N4O3.ClH/c1-8-47-32-23-28(36(3,4)5)13-18-31(32)38(35(46)44-21-19-43(20-22-44)24-37(6,7)25(2)45)41-33(26-9-14-29(39)15-10-26)34(42-38)27-11-16-30(40)17-12-27;/h9-18,23,33-34,41-42H,8,19-22,24H2,1-7H3;1H/t33-,34+,38?;. The Hall–Kier alpha value is -2.65. The largest absolute Gasteiger partial charge is 0.493 e. The quantitative estimate of drug-likeness (QED) is 0.237. The van der Waals surface area contributed by atoms with Crippen molar-refractivity contribution in [1.29, 1.82) is 0 Å². The number of benzene rings is 3. The first-order valence-electron chi connectivity index (χ1n) is 16.5. The summed E-state index contributed by atoms with van der Waals surface area (Å²) in [6.07, 6.45) is 0. The van der Waals surface area contributed by atoms with E-state index < -0.39 is 11.1 Å². The number of hydrogen-bond acceptors (Lipinski definition) is 6. The van der Waals surface area contributed by atoms with Gasteiger partial charge in [-0.05, 0) is 66.3 Å². The normalized spacial score (nSPS) is 21.9. The van der Waals surface area contributed by atoms with Gasteiger partial charge in [0, 0.05) is 53.7 Å². The van der Waals surface area contributed by atoms with Gasteiger partial charge in [-0.3, -0.25) is 25.1 Å². The third-order valence-corrected chi connectivity index (χ3v) is 10.1. The number of amides is 1. The second-order valence-electron chi connectivity index (χ2n) is 14.5. The molecule has 48 heavy (non-hydrogen) atoms. The molecule has 0 saturated carbocycles. The summed E-state index contributed by atoms with van der Waals surface area (Å²) < 4.78 is 6.33. The first kappa shape index (κ1) is 38.2. The highest BCUT2D eigenvalue weighted by atomic mass is 35.5. The van der Waals surface area contributed by atoms with Gasteiger partial charge >= 0.3 is 0 Å². The maximum absolute atomic E-state index is 15.2. The predicted octanol–water partition coefficient (Wildman–Crippen LogP) is 7.70. The van der Waals surface area contributed by atoms with E-state index in [9.17, 15) is 4.79 Å². The van der Waals surface area contributed by atoms with Crippen molar-refractivity contribution in [2.75, 3.05) is 39.3 Å². The van der Waals surface area contributed by atoms with E-state index in [0.717, 1.165) is 22.3 Å². The van der Waals surface area contributed by atoms with E-state index in [1.807, 2.05) is 80.3 Å². The lowest BCUT2D eigenvalue weighted by Crippen LogP contribution is -2.62. The van der Waals surface area contributed by atoms with Crippen LogP contribution in [0.4, 0.5) is 0 Å². The Balaban J connectivity index is 0.00000520. The number of nitrogens with one attached hydrogen (secondary N) is 2. The van der Waals surface area contributed by atoms with E-state index in [0.29, 0.717) is 55.1 Å². The molecule has 5 rings (SSSR count). The molecule has 7 nitrogen and oxygen atoms in total. The summed E-state index contributed by atoms with van der Waals surface area (Å²) in [6.45, 7) is 17.7. The lowest BCUT2D eigenvalue weighted by atomic mass is 9.84. The number of nitrogens with zero attached hydrogens (tertiary/aromatic N) is 2. The molecule has 2 N–H and O–H groups in total. The summed E-state index contributed by atoms with van der Waals surface area (Å²) in [6, 6.07) is 21.2. The molecule has 2 aliphatic rings. The number of carbonyl (C=O) groups is 2. The van der Waals surface area contributed by atoms with E-state index in [2.05, 4.69) is 48.4 Å². The average Bonchev–Trinajstić information content (AvgIpc) is 3.43. The van der Waals surface area contributed by atoms with Crippen LogP contribution in [0.1, 0.15) is 82.8 Å². The molecule has 0 aliphatic carbocycles. The van der Waals surface area contributed by atoms with Gasteiger partial charge in [0.2, 0.25) is 0 Å². The highest BCUT2D eigenvalue weighted by molar-refractivity contribution is 6.30. The fourth-order valence-corrected chi connectivity index (χ4v) is 6.80. The van der Waals surface area contributed by atoms with Gasteiger partial charge in [0.15, 0.2) is 5.66 Å². The number of hydrogen-bond donors (Lipinski definition) is 2. The van der Waals surface area contributed by atoms with E-state index in [1.54, 1.807) is 6.92 Å². The number of carbonyl (C=O) groups excluding carboxylic acids is 2. The van der Waals surface area contributed by atoms with Crippen LogP contribution in [0.3, 0.4) is 0 Å². The van der Waals surface area contributed by atoms with Crippen molar-refractivity contribution in [2.45, 2.75) is 71.6 Å². The fraction of sp³-hybridized carbons (Fsp3) is 0.474. The van der Waals surface area contributed by atoms with E-state index in [4.69, 9.17) is 27.9 Å². The molecule has 1 unspecified atom stereocenters. The highest BCUT2D eigenvalue weighted by Crippen LogP contribution is 2.45. The van der Waals surface area contributed by atoms with Gasteiger partial charge in [0.1, 0.15) is 11.5 Å². The van der Waals surface area contributed by atoms with Crippen LogP contribution in [0, 0.1) is 5.41 Å². The SMILES string of the molecule is CCOc1cc(C(C)(C)C)ccc1C1(C(=O)N2CCN(CC(C)(C)C(C)=O)CC2)N[C@H](c2ccc(Cl)cc2)[C@H](c2ccc(Cl)cc2)N1.Cl. The summed E-state index contributed by atoms with van der Waals surface area (Å²) in [7, 11) is 0. The van der Waals surface area contributed by atoms with E-state index in [1.165, 1.54) is 0 Å². The Labute approximate surface area is 302 Å². The van der Waals surface area contributed by atoms with Gasteiger partial charge in [-0.15, -0.1) is 12.4 Å². The van der Waals surface area contributed by atoms with Crippen LogP contribution in [0.25, 0.3) is 0 Å². The highest BCUT2D eigenvalue weighted by Gasteiger charge is 2.54. The molecule has 2 heterocycles. The maximum Gasteiger partial charge on any atom is 0.262 e. The molecule has 2 aliphatic heterocycles. The van der Waals surface area contributed by atoms with Gasteiger partial charge in [-0.1, -0.05) is 94.2 Å².